The molecule has 1 aliphatic rings. The van der Waals surface area contributed by atoms with E-state index in [0.29, 0.717) is 17.2 Å². The number of benzene rings is 3. The van der Waals surface area contributed by atoms with Crippen LogP contribution in [0.5, 0.6) is 11.5 Å². The monoisotopic (exact) mass is 452 g/mol. The summed E-state index contributed by atoms with van der Waals surface area (Å²) in [5.74, 6) is 0.656. The van der Waals surface area contributed by atoms with Crippen molar-refractivity contribution in [3.63, 3.8) is 0 Å². The summed E-state index contributed by atoms with van der Waals surface area (Å²) in [5.41, 5.74) is 1.31. The number of fused-ring (bicyclic) bond motifs is 1. The molecule has 8 heteroatoms. The molecule has 1 N–H and O–H groups in total. The highest BCUT2D eigenvalue weighted by Crippen LogP contribution is 2.37. The number of hydrogen-bond acceptors (Lipinski definition) is 5. The van der Waals surface area contributed by atoms with E-state index in [9.17, 15) is 13.2 Å². The van der Waals surface area contributed by atoms with Crippen LogP contribution in [0.2, 0.25) is 0 Å². The molecular weight excluding hydrogens is 428 g/mol. The van der Waals surface area contributed by atoms with Gasteiger partial charge in [-0.2, -0.15) is 0 Å². The van der Waals surface area contributed by atoms with Crippen molar-refractivity contribution >= 4 is 21.6 Å². The maximum atomic E-state index is 13.4. The van der Waals surface area contributed by atoms with Gasteiger partial charge in [0.05, 0.1) is 23.7 Å². The molecule has 0 saturated heterocycles. The van der Waals surface area contributed by atoms with E-state index in [-0.39, 0.29) is 24.6 Å². The van der Waals surface area contributed by atoms with Crippen LogP contribution in [-0.2, 0) is 14.8 Å². The van der Waals surface area contributed by atoms with Gasteiger partial charge < -0.3 is 14.8 Å². The van der Waals surface area contributed by atoms with Crippen LogP contribution in [0.1, 0.15) is 5.56 Å². The fraction of sp³-hybridized carbons (Fsp3) is 0.208. The van der Waals surface area contributed by atoms with Crippen LogP contribution in [-0.4, -0.2) is 40.1 Å². The second kappa shape index (κ2) is 9.32. The van der Waals surface area contributed by atoms with Gasteiger partial charge in [-0.25, -0.2) is 8.42 Å². The van der Waals surface area contributed by atoms with Crippen LogP contribution in [0.4, 0.5) is 5.69 Å². The fourth-order valence-electron chi connectivity index (χ4n) is 3.42. The highest BCUT2D eigenvalue weighted by Gasteiger charge is 2.37. The molecule has 0 fully saturated rings. The Balaban J connectivity index is 1.50. The molecule has 1 amide bonds. The zero-order valence-corrected chi connectivity index (χ0v) is 18.4. The number of nitrogens with one attached hydrogen (secondary N) is 1. The van der Waals surface area contributed by atoms with Crippen LogP contribution in [0.3, 0.4) is 0 Å². The number of carbonyl (C=O) groups is 1. The van der Waals surface area contributed by atoms with E-state index in [0.717, 1.165) is 5.56 Å². The van der Waals surface area contributed by atoms with Gasteiger partial charge in [0.25, 0.3) is 15.9 Å². The lowest BCUT2D eigenvalue weighted by molar-refractivity contribution is -0.127. The number of para-hydroxylation sites is 1. The molecule has 0 aliphatic carbocycles. The van der Waals surface area contributed by atoms with Crippen LogP contribution in [0.25, 0.3) is 0 Å². The highest BCUT2D eigenvalue weighted by molar-refractivity contribution is 7.92. The summed E-state index contributed by atoms with van der Waals surface area (Å²) in [6, 6.07) is 22.7. The van der Waals surface area contributed by atoms with E-state index in [2.05, 4.69) is 5.32 Å². The summed E-state index contributed by atoms with van der Waals surface area (Å²) in [4.78, 5) is 12.9. The Morgan fingerprint density at radius 2 is 1.75 bits per heavy atom. The molecular formula is C24H24N2O5S. The van der Waals surface area contributed by atoms with Crippen LogP contribution < -0.4 is 19.1 Å². The minimum Gasteiger partial charge on any atom is -0.492 e. The molecule has 1 atom stereocenters. The number of carbonyl (C=O) groups excluding carboxylic acids is 1. The molecule has 3 aromatic carbocycles. The molecule has 7 nitrogen and oxygen atoms in total. The maximum Gasteiger partial charge on any atom is 0.264 e. The molecule has 0 bridgehead atoms. The molecule has 166 valence electrons. The summed E-state index contributed by atoms with van der Waals surface area (Å²) < 4.78 is 39.4. The zero-order chi connectivity index (χ0) is 22.6. The molecule has 1 aliphatic heterocycles. The van der Waals surface area contributed by atoms with Gasteiger partial charge in [-0.15, -0.1) is 0 Å². The summed E-state index contributed by atoms with van der Waals surface area (Å²) in [5, 5.41) is 2.77. The minimum atomic E-state index is -3.87. The average molecular weight is 453 g/mol. The van der Waals surface area contributed by atoms with E-state index in [1.165, 1.54) is 16.4 Å². The highest BCUT2D eigenvalue weighted by atomic mass is 32.2. The van der Waals surface area contributed by atoms with Crippen LogP contribution >= 0.6 is 0 Å². The van der Waals surface area contributed by atoms with E-state index >= 15 is 0 Å². The third kappa shape index (κ3) is 4.70. The maximum absolute atomic E-state index is 13.4. The average Bonchev–Trinajstić information content (AvgIpc) is 2.82. The normalized spacial score (nSPS) is 15.4. The largest absolute Gasteiger partial charge is 0.492 e. The van der Waals surface area contributed by atoms with Gasteiger partial charge in [0.15, 0.2) is 6.10 Å². The van der Waals surface area contributed by atoms with Crippen LogP contribution in [0.15, 0.2) is 83.8 Å². The van der Waals surface area contributed by atoms with Crippen molar-refractivity contribution < 1.29 is 22.7 Å². The number of hydrogen-bond donors (Lipinski definition) is 1. The van der Waals surface area contributed by atoms with Crippen LogP contribution in [0, 0.1) is 6.92 Å². The first kappa shape index (κ1) is 21.7. The quantitative estimate of drug-likeness (QED) is 0.557. The van der Waals surface area contributed by atoms with Crippen molar-refractivity contribution in [3.05, 3.63) is 84.4 Å². The Kier molecular flexibility index (Phi) is 6.32. The number of ether oxygens (including phenoxy) is 2. The van der Waals surface area contributed by atoms with E-state index in [1.807, 2.05) is 43.3 Å². The smallest absolute Gasteiger partial charge is 0.264 e. The third-order valence-electron chi connectivity index (χ3n) is 5.02. The number of anilines is 1. The van der Waals surface area contributed by atoms with E-state index in [4.69, 9.17) is 9.47 Å². The lowest BCUT2D eigenvalue weighted by Gasteiger charge is -2.35. The molecule has 0 unspecified atom stereocenters. The molecule has 0 aromatic heterocycles. The minimum absolute atomic E-state index is 0.126. The van der Waals surface area contributed by atoms with Crippen molar-refractivity contribution in [2.24, 2.45) is 0 Å². The standard InChI is InChI=1S/C24H24N2O5S/c1-18-12-13-22-21(16-18)26(32(28,29)20-10-6-3-7-11-20)17-23(31-22)24(27)25-14-15-30-19-8-4-2-5-9-19/h2-13,16,23H,14-15,17H2,1H3,(H,25,27)/t23-/m0/s1. The number of aryl methyl sites for hydroxylation is 1. The second-order valence-electron chi connectivity index (χ2n) is 7.38. The third-order valence-corrected chi connectivity index (χ3v) is 6.81. The summed E-state index contributed by atoms with van der Waals surface area (Å²) in [6.45, 7) is 2.29. The van der Waals surface area contributed by atoms with Gasteiger partial charge in [0.1, 0.15) is 18.1 Å². The second-order valence-corrected chi connectivity index (χ2v) is 9.24. The number of sulfonamides is 1. The Morgan fingerprint density at radius 3 is 2.47 bits per heavy atom. The SMILES string of the molecule is Cc1ccc2c(c1)N(S(=O)(=O)c1ccccc1)C[C@@H](C(=O)NCCOc1ccccc1)O2. The molecule has 0 radical (unpaired) electrons. The lowest BCUT2D eigenvalue weighted by Crippen LogP contribution is -2.51. The molecule has 0 saturated carbocycles. The summed E-state index contributed by atoms with van der Waals surface area (Å²) >= 11 is 0. The predicted octanol–water partition coefficient (Wildman–Crippen LogP) is 3.15. The lowest BCUT2D eigenvalue weighted by atomic mass is 10.1. The predicted molar refractivity (Wildman–Crippen MR) is 122 cm³/mol. The molecule has 1 heterocycles. The van der Waals surface area contributed by atoms with Crippen molar-refractivity contribution in [1.29, 1.82) is 0 Å². The zero-order valence-electron chi connectivity index (χ0n) is 17.6. The Hall–Kier alpha value is -3.52. The van der Waals surface area contributed by atoms with Gasteiger partial charge in [-0.3, -0.25) is 9.10 Å². The summed E-state index contributed by atoms with van der Waals surface area (Å²) in [6.07, 6.45) is -0.986. The first-order chi connectivity index (χ1) is 15.4. The summed E-state index contributed by atoms with van der Waals surface area (Å²) in [7, 11) is -3.87. The Morgan fingerprint density at radius 1 is 1.06 bits per heavy atom. The molecule has 0 spiro atoms. The molecule has 32 heavy (non-hydrogen) atoms. The van der Waals surface area contributed by atoms with Gasteiger partial charge in [0.2, 0.25) is 0 Å². The van der Waals surface area contributed by atoms with Crippen molar-refractivity contribution in [3.8, 4) is 11.5 Å². The van der Waals surface area contributed by atoms with Crippen molar-refractivity contribution in [1.82, 2.24) is 5.32 Å². The van der Waals surface area contributed by atoms with Gasteiger partial charge in [0, 0.05) is 0 Å². The molecule has 3 aromatic rings. The molecule has 4 rings (SSSR count). The van der Waals surface area contributed by atoms with Gasteiger partial charge in [-0.1, -0.05) is 42.5 Å². The Bertz CT molecular complexity index is 1180. The first-order valence-corrected chi connectivity index (χ1v) is 11.7. The van der Waals surface area contributed by atoms with Gasteiger partial charge >= 0.3 is 0 Å². The van der Waals surface area contributed by atoms with Crippen molar-refractivity contribution in [2.45, 2.75) is 17.9 Å². The number of amides is 1. The fourth-order valence-corrected chi connectivity index (χ4v) is 4.91. The van der Waals surface area contributed by atoms with E-state index in [1.54, 1.807) is 30.3 Å². The topological polar surface area (TPSA) is 84.9 Å². The first-order valence-electron chi connectivity index (χ1n) is 10.3. The number of nitrogens with zero attached hydrogens (tertiary/aromatic N) is 1. The van der Waals surface area contributed by atoms with Gasteiger partial charge in [-0.05, 0) is 48.9 Å². The Labute approximate surface area is 187 Å². The number of rotatable bonds is 7. The van der Waals surface area contributed by atoms with E-state index < -0.39 is 22.0 Å². The van der Waals surface area contributed by atoms with Crippen molar-refractivity contribution in [2.75, 3.05) is 24.0 Å².